The fourth-order valence-corrected chi connectivity index (χ4v) is 3.07. The first-order valence-electron chi connectivity index (χ1n) is 6.99. The summed E-state index contributed by atoms with van der Waals surface area (Å²) in [7, 11) is 4.59. The lowest BCUT2D eigenvalue weighted by atomic mass is 10.2. The monoisotopic (exact) mass is 370 g/mol. The Labute approximate surface area is 145 Å². The van der Waals surface area contributed by atoms with Crippen LogP contribution in [-0.4, -0.2) is 33.7 Å². The highest BCUT2D eigenvalue weighted by Gasteiger charge is 2.36. The van der Waals surface area contributed by atoms with E-state index in [0.717, 1.165) is 11.8 Å². The van der Waals surface area contributed by atoms with Gasteiger partial charge in [-0.15, -0.1) is 0 Å². The number of ether oxygens (including phenoxy) is 2. The van der Waals surface area contributed by atoms with E-state index in [4.69, 9.17) is 9.47 Å². The van der Waals surface area contributed by atoms with Crippen LogP contribution < -0.4 is 9.47 Å². The van der Waals surface area contributed by atoms with Crippen LogP contribution in [0.15, 0.2) is 34.7 Å². The third-order valence-corrected chi connectivity index (χ3v) is 4.47. The number of halogens is 3. The number of alkyl halides is 3. The van der Waals surface area contributed by atoms with Crippen LogP contribution in [0.2, 0.25) is 0 Å². The van der Waals surface area contributed by atoms with E-state index < -0.39 is 12.0 Å². The van der Waals surface area contributed by atoms with Crippen molar-refractivity contribution >= 4 is 22.7 Å². The van der Waals surface area contributed by atoms with Gasteiger partial charge in [0, 0.05) is 30.9 Å². The molecule has 6 nitrogen and oxygen atoms in total. The second-order valence-electron chi connectivity index (χ2n) is 5.00. The Morgan fingerprint density at radius 3 is 2.32 bits per heavy atom. The van der Waals surface area contributed by atoms with Gasteiger partial charge in [0.15, 0.2) is 16.7 Å². The number of methoxy groups -OCH3 is 2. The molecule has 25 heavy (non-hydrogen) atoms. The van der Waals surface area contributed by atoms with Crippen LogP contribution in [0, 0.1) is 0 Å². The Hall–Kier alpha value is -2.49. The Kier molecular flexibility index (Phi) is 4.46. The molecule has 0 fully saturated rings. The smallest absolute Gasteiger partial charge is 0.451 e. The van der Waals surface area contributed by atoms with E-state index in [2.05, 4.69) is 15.0 Å². The van der Waals surface area contributed by atoms with Crippen molar-refractivity contribution < 1.29 is 22.6 Å². The second kappa shape index (κ2) is 6.43. The summed E-state index contributed by atoms with van der Waals surface area (Å²) in [6.45, 7) is 0. The fourth-order valence-electron chi connectivity index (χ4n) is 2.17. The molecule has 0 aliphatic heterocycles. The van der Waals surface area contributed by atoms with E-state index in [1.165, 1.54) is 20.3 Å². The first-order chi connectivity index (χ1) is 11.8. The number of imidazole rings is 1. The number of aryl methyl sites for hydroxylation is 1. The predicted molar refractivity (Wildman–Crippen MR) is 85.0 cm³/mol. The molecule has 2 heterocycles. The van der Waals surface area contributed by atoms with E-state index in [1.807, 2.05) is 0 Å². The quantitative estimate of drug-likeness (QED) is 0.655. The molecule has 1 aromatic carbocycles. The molecule has 0 spiro atoms. The molecule has 0 N–H and O–H groups in total. The zero-order valence-corrected chi connectivity index (χ0v) is 14.3. The molecule has 2 aromatic heterocycles. The molecule has 10 heteroatoms. The zero-order chi connectivity index (χ0) is 18.2. The molecule has 0 aliphatic rings. The number of benzene rings is 1. The molecule has 0 amide bonds. The topological polar surface area (TPSA) is 62.1 Å². The van der Waals surface area contributed by atoms with Gasteiger partial charge in [0.05, 0.1) is 19.7 Å². The van der Waals surface area contributed by atoms with Gasteiger partial charge in [-0.2, -0.15) is 13.2 Å². The molecule has 132 valence electrons. The summed E-state index contributed by atoms with van der Waals surface area (Å²) in [6, 6.07) is 2.95. The first kappa shape index (κ1) is 17.3. The molecule has 3 rings (SSSR count). The van der Waals surface area contributed by atoms with Gasteiger partial charge < -0.3 is 14.0 Å². The average Bonchev–Trinajstić information content (AvgIpc) is 2.97. The van der Waals surface area contributed by atoms with Crippen LogP contribution in [0.3, 0.4) is 0 Å². The predicted octanol–water partition coefficient (Wildman–Crippen LogP) is 3.55. The number of hydrogen-bond donors (Lipinski definition) is 0. The van der Waals surface area contributed by atoms with Crippen molar-refractivity contribution in [3.8, 4) is 11.5 Å². The molecule has 0 bridgehead atoms. The van der Waals surface area contributed by atoms with E-state index in [0.29, 0.717) is 16.3 Å². The highest BCUT2D eigenvalue weighted by molar-refractivity contribution is 7.99. The molecular formula is C15H13F3N4O2S. The number of fused-ring (bicyclic) bond motifs is 1. The summed E-state index contributed by atoms with van der Waals surface area (Å²) in [5.74, 6) is -0.557. The van der Waals surface area contributed by atoms with Gasteiger partial charge in [0.2, 0.25) is 5.82 Å². The molecule has 0 atom stereocenters. The minimum atomic E-state index is -4.67. The number of hydrogen-bond acceptors (Lipinski definition) is 6. The van der Waals surface area contributed by atoms with Gasteiger partial charge in [0.1, 0.15) is 5.03 Å². The van der Waals surface area contributed by atoms with Crippen molar-refractivity contribution in [3.05, 3.63) is 30.4 Å². The van der Waals surface area contributed by atoms with Crippen LogP contribution in [0.1, 0.15) is 5.82 Å². The molecule has 0 saturated heterocycles. The SMILES string of the molecule is COc1cc2nc(C(F)(F)F)nc(Sc3nccn3C)c2cc1OC. The third-order valence-electron chi connectivity index (χ3n) is 3.38. The standard InChI is InChI=1S/C15H13F3N4O2S/c1-22-5-4-19-14(22)25-12-8-6-10(23-2)11(24-3)7-9(8)20-13(21-12)15(16,17)18/h4-7H,1-3H3. The van der Waals surface area contributed by atoms with Crippen molar-refractivity contribution in [2.24, 2.45) is 7.05 Å². The van der Waals surface area contributed by atoms with Crippen molar-refractivity contribution in [2.75, 3.05) is 14.2 Å². The lowest BCUT2D eigenvalue weighted by Gasteiger charge is -2.13. The Morgan fingerprint density at radius 2 is 1.76 bits per heavy atom. The maximum Gasteiger partial charge on any atom is 0.451 e. The molecule has 0 saturated carbocycles. The fraction of sp³-hybridized carbons (Fsp3) is 0.267. The maximum absolute atomic E-state index is 13.2. The van der Waals surface area contributed by atoms with Crippen molar-refractivity contribution in [1.82, 2.24) is 19.5 Å². The van der Waals surface area contributed by atoms with Crippen LogP contribution in [0.25, 0.3) is 10.9 Å². The van der Waals surface area contributed by atoms with E-state index >= 15 is 0 Å². The normalized spacial score (nSPS) is 11.8. The molecule has 0 aliphatic carbocycles. The summed E-state index contributed by atoms with van der Waals surface area (Å²) in [5, 5.41) is 1.05. The van der Waals surface area contributed by atoms with Gasteiger partial charge in [-0.3, -0.25) is 0 Å². The summed E-state index contributed by atoms with van der Waals surface area (Å²) in [5.41, 5.74) is 0.108. The van der Waals surface area contributed by atoms with E-state index in [-0.39, 0.29) is 16.3 Å². The van der Waals surface area contributed by atoms with Crippen LogP contribution in [-0.2, 0) is 13.2 Å². The molecule has 0 unspecified atom stereocenters. The minimum Gasteiger partial charge on any atom is -0.493 e. The van der Waals surface area contributed by atoms with Crippen LogP contribution in [0.4, 0.5) is 13.2 Å². The largest absolute Gasteiger partial charge is 0.493 e. The van der Waals surface area contributed by atoms with Crippen molar-refractivity contribution in [2.45, 2.75) is 16.4 Å². The van der Waals surface area contributed by atoms with Gasteiger partial charge in [-0.05, 0) is 17.8 Å². The first-order valence-corrected chi connectivity index (χ1v) is 7.81. The van der Waals surface area contributed by atoms with E-state index in [1.54, 1.807) is 30.1 Å². The molecular weight excluding hydrogens is 357 g/mol. The maximum atomic E-state index is 13.2. The number of nitrogens with zero attached hydrogens (tertiary/aromatic N) is 4. The van der Waals surface area contributed by atoms with Crippen molar-refractivity contribution in [1.29, 1.82) is 0 Å². The van der Waals surface area contributed by atoms with Gasteiger partial charge in [0.25, 0.3) is 0 Å². The third kappa shape index (κ3) is 3.34. The zero-order valence-electron chi connectivity index (χ0n) is 13.5. The van der Waals surface area contributed by atoms with Gasteiger partial charge in [-0.25, -0.2) is 15.0 Å². The Bertz CT molecular complexity index is 927. The lowest BCUT2D eigenvalue weighted by molar-refractivity contribution is -0.145. The average molecular weight is 370 g/mol. The highest BCUT2D eigenvalue weighted by atomic mass is 32.2. The minimum absolute atomic E-state index is 0.108. The Balaban J connectivity index is 2.25. The van der Waals surface area contributed by atoms with Crippen LogP contribution in [0.5, 0.6) is 11.5 Å². The molecule has 3 aromatic rings. The summed E-state index contributed by atoms with van der Waals surface area (Å²) >= 11 is 1.02. The van der Waals surface area contributed by atoms with Gasteiger partial charge in [-0.1, -0.05) is 0 Å². The van der Waals surface area contributed by atoms with Gasteiger partial charge >= 0.3 is 6.18 Å². The van der Waals surface area contributed by atoms with Crippen molar-refractivity contribution in [3.63, 3.8) is 0 Å². The second-order valence-corrected chi connectivity index (χ2v) is 5.95. The summed E-state index contributed by atoms with van der Waals surface area (Å²) in [4.78, 5) is 11.4. The summed E-state index contributed by atoms with van der Waals surface area (Å²) in [6.07, 6.45) is -1.42. The number of aromatic nitrogens is 4. The molecule has 0 radical (unpaired) electrons. The lowest BCUT2D eigenvalue weighted by Crippen LogP contribution is -2.12. The van der Waals surface area contributed by atoms with E-state index in [9.17, 15) is 13.2 Å². The Morgan fingerprint density at radius 1 is 1.08 bits per heavy atom. The summed E-state index contributed by atoms with van der Waals surface area (Å²) < 4.78 is 51.6. The van der Waals surface area contributed by atoms with Crippen LogP contribution >= 0.6 is 11.8 Å². The number of rotatable bonds is 4. The highest BCUT2D eigenvalue weighted by Crippen LogP contribution is 2.39.